The molecule has 0 aromatic rings. The van der Waals surface area contributed by atoms with E-state index in [-0.39, 0.29) is 12.1 Å². The van der Waals surface area contributed by atoms with E-state index in [0.29, 0.717) is 18.9 Å². The minimum absolute atomic E-state index is 0.246. The van der Waals surface area contributed by atoms with E-state index in [0.717, 1.165) is 25.8 Å². The van der Waals surface area contributed by atoms with Crippen LogP contribution in [0.2, 0.25) is 0 Å². The SMILES string of the molecule is COCC(CCCNC(=O)OC(C)(C)C)NCCCS(C)=O. The lowest BCUT2D eigenvalue weighted by Crippen LogP contribution is -2.36. The summed E-state index contributed by atoms with van der Waals surface area (Å²) >= 11 is 0. The van der Waals surface area contributed by atoms with Crippen LogP contribution < -0.4 is 10.6 Å². The molecular weight excluding hydrogens is 304 g/mol. The fraction of sp³-hybridized carbons (Fsp3) is 0.933. The first-order valence-corrected chi connectivity index (χ1v) is 9.46. The largest absolute Gasteiger partial charge is 0.444 e. The van der Waals surface area contributed by atoms with E-state index in [9.17, 15) is 9.00 Å². The van der Waals surface area contributed by atoms with Crippen molar-refractivity contribution < 1.29 is 18.5 Å². The van der Waals surface area contributed by atoms with Crippen LogP contribution in [0.1, 0.15) is 40.0 Å². The van der Waals surface area contributed by atoms with Crippen molar-refractivity contribution in [2.75, 3.05) is 38.8 Å². The Balaban J connectivity index is 3.81. The lowest BCUT2D eigenvalue weighted by atomic mass is 10.1. The van der Waals surface area contributed by atoms with E-state index >= 15 is 0 Å². The van der Waals surface area contributed by atoms with Gasteiger partial charge < -0.3 is 20.1 Å². The number of methoxy groups -OCH3 is 1. The molecule has 0 radical (unpaired) electrons. The third-order valence-corrected chi connectivity index (χ3v) is 3.67. The Morgan fingerprint density at radius 1 is 1.23 bits per heavy atom. The van der Waals surface area contributed by atoms with Gasteiger partial charge in [-0.05, 0) is 46.6 Å². The van der Waals surface area contributed by atoms with E-state index in [2.05, 4.69) is 10.6 Å². The van der Waals surface area contributed by atoms with E-state index in [1.807, 2.05) is 20.8 Å². The third-order valence-electron chi connectivity index (χ3n) is 2.81. The van der Waals surface area contributed by atoms with Crippen LogP contribution in [0.4, 0.5) is 4.79 Å². The Morgan fingerprint density at radius 3 is 2.45 bits per heavy atom. The molecule has 0 fully saturated rings. The number of rotatable bonds is 11. The van der Waals surface area contributed by atoms with Crippen molar-refractivity contribution in [1.82, 2.24) is 10.6 Å². The van der Waals surface area contributed by atoms with Crippen LogP contribution >= 0.6 is 0 Å². The number of nitrogens with one attached hydrogen (secondary N) is 2. The minimum atomic E-state index is -0.737. The second kappa shape index (κ2) is 11.8. The van der Waals surface area contributed by atoms with E-state index in [1.165, 1.54) is 0 Å². The lowest BCUT2D eigenvalue weighted by Gasteiger charge is -2.20. The molecule has 2 N–H and O–H groups in total. The van der Waals surface area contributed by atoms with Crippen molar-refractivity contribution in [1.29, 1.82) is 0 Å². The molecule has 6 nitrogen and oxygen atoms in total. The fourth-order valence-electron chi connectivity index (χ4n) is 1.88. The Bertz CT molecular complexity index is 332. The average molecular weight is 336 g/mol. The number of hydrogen-bond acceptors (Lipinski definition) is 5. The minimum Gasteiger partial charge on any atom is -0.444 e. The topological polar surface area (TPSA) is 76.7 Å². The first kappa shape index (κ1) is 21.3. The molecule has 0 spiro atoms. The van der Waals surface area contributed by atoms with Crippen LogP contribution in [0.15, 0.2) is 0 Å². The smallest absolute Gasteiger partial charge is 0.407 e. The summed E-state index contributed by atoms with van der Waals surface area (Å²) < 4.78 is 21.4. The molecule has 0 aliphatic carbocycles. The van der Waals surface area contributed by atoms with E-state index < -0.39 is 16.4 Å². The van der Waals surface area contributed by atoms with Gasteiger partial charge in [-0.3, -0.25) is 4.21 Å². The van der Waals surface area contributed by atoms with Gasteiger partial charge in [0, 0.05) is 42.5 Å². The quantitative estimate of drug-likeness (QED) is 0.561. The fourth-order valence-corrected chi connectivity index (χ4v) is 2.43. The van der Waals surface area contributed by atoms with E-state index in [4.69, 9.17) is 9.47 Å². The molecule has 0 aromatic carbocycles. The van der Waals surface area contributed by atoms with Crippen molar-refractivity contribution in [3.05, 3.63) is 0 Å². The Morgan fingerprint density at radius 2 is 1.91 bits per heavy atom. The molecule has 132 valence electrons. The summed E-state index contributed by atoms with van der Waals surface area (Å²) in [6.45, 7) is 7.56. The Kier molecular flexibility index (Phi) is 11.5. The van der Waals surface area contributed by atoms with Crippen molar-refractivity contribution in [3.8, 4) is 0 Å². The van der Waals surface area contributed by atoms with Gasteiger partial charge in [0.05, 0.1) is 6.61 Å². The maximum absolute atomic E-state index is 11.5. The summed E-state index contributed by atoms with van der Waals surface area (Å²) in [6, 6.07) is 0.246. The Labute approximate surface area is 137 Å². The van der Waals surface area contributed by atoms with Gasteiger partial charge in [0.15, 0.2) is 0 Å². The molecule has 1 amide bonds. The van der Waals surface area contributed by atoms with Crippen LogP contribution in [0.25, 0.3) is 0 Å². The highest BCUT2D eigenvalue weighted by molar-refractivity contribution is 7.84. The van der Waals surface area contributed by atoms with Gasteiger partial charge in [-0.1, -0.05) is 0 Å². The summed E-state index contributed by atoms with van der Waals surface area (Å²) in [6.07, 6.45) is 3.97. The summed E-state index contributed by atoms with van der Waals surface area (Å²) in [7, 11) is 0.938. The molecule has 0 aromatic heterocycles. The summed E-state index contributed by atoms with van der Waals surface area (Å²) in [5.74, 6) is 0.715. The summed E-state index contributed by atoms with van der Waals surface area (Å²) in [5, 5.41) is 6.15. The summed E-state index contributed by atoms with van der Waals surface area (Å²) in [4.78, 5) is 11.5. The molecule has 0 saturated heterocycles. The number of amides is 1. The van der Waals surface area contributed by atoms with Crippen LogP contribution in [-0.4, -0.2) is 60.8 Å². The Hall–Kier alpha value is -0.660. The second-order valence-electron chi connectivity index (χ2n) is 6.31. The first-order valence-electron chi connectivity index (χ1n) is 7.74. The highest BCUT2D eigenvalue weighted by atomic mass is 32.2. The number of carbonyl (C=O) groups excluding carboxylic acids is 1. The van der Waals surface area contributed by atoms with Crippen LogP contribution in [-0.2, 0) is 20.3 Å². The van der Waals surface area contributed by atoms with Crippen molar-refractivity contribution in [2.45, 2.75) is 51.7 Å². The lowest BCUT2D eigenvalue weighted by molar-refractivity contribution is 0.0526. The van der Waals surface area contributed by atoms with Gasteiger partial charge in [-0.25, -0.2) is 4.79 Å². The zero-order valence-electron chi connectivity index (χ0n) is 14.6. The molecule has 2 atom stereocenters. The second-order valence-corrected chi connectivity index (χ2v) is 7.86. The maximum Gasteiger partial charge on any atom is 0.407 e. The van der Waals surface area contributed by atoms with Gasteiger partial charge >= 0.3 is 6.09 Å². The van der Waals surface area contributed by atoms with Gasteiger partial charge in [-0.15, -0.1) is 0 Å². The molecule has 7 heteroatoms. The highest BCUT2D eigenvalue weighted by Crippen LogP contribution is 2.06. The third kappa shape index (κ3) is 14.3. The number of alkyl carbamates (subject to hydrolysis) is 1. The van der Waals surface area contributed by atoms with Gasteiger partial charge in [0.25, 0.3) is 0 Å². The van der Waals surface area contributed by atoms with Gasteiger partial charge in [-0.2, -0.15) is 0 Å². The average Bonchev–Trinajstić information content (AvgIpc) is 2.37. The van der Waals surface area contributed by atoms with Gasteiger partial charge in [0.1, 0.15) is 5.60 Å². The van der Waals surface area contributed by atoms with Crippen LogP contribution in [0.5, 0.6) is 0 Å². The zero-order valence-corrected chi connectivity index (χ0v) is 15.4. The molecule has 0 aliphatic heterocycles. The molecule has 0 aliphatic rings. The highest BCUT2D eigenvalue weighted by Gasteiger charge is 2.15. The molecule has 22 heavy (non-hydrogen) atoms. The zero-order chi connectivity index (χ0) is 17.0. The number of carbonyl (C=O) groups is 1. The molecule has 2 unspecified atom stereocenters. The summed E-state index contributed by atoms with van der Waals surface area (Å²) in [5.41, 5.74) is -0.469. The predicted molar refractivity (Wildman–Crippen MR) is 90.7 cm³/mol. The van der Waals surface area contributed by atoms with Crippen LogP contribution in [0, 0.1) is 0 Å². The predicted octanol–water partition coefficient (Wildman–Crippen LogP) is 1.66. The monoisotopic (exact) mass is 336 g/mol. The number of hydrogen-bond donors (Lipinski definition) is 2. The molecular formula is C15H32N2O4S. The molecule has 0 saturated carbocycles. The molecule has 0 rings (SSSR count). The van der Waals surface area contributed by atoms with Crippen molar-refractivity contribution in [3.63, 3.8) is 0 Å². The number of ether oxygens (including phenoxy) is 2. The standard InChI is InChI=1S/C15H32N2O4S/c1-15(2,3)21-14(18)17-9-6-8-13(12-20-4)16-10-7-11-22(5)19/h13,16H,6-12H2,1-5H3,(H,17,18). The normalized spacial score (nSPS) is 14.4. The van der Waals surface area contributed by atoms with Gasteiger partial charge in [0.2, 0.25) is 0 Å². The van der Waals surface area contributed by atoms with Crippen molar-refractivity contribution in [2.24, 2.45) is 0 Å². The van der Waals surface area contributed by atoms with Crippen molar-refractivity contribution >= 4 is 16.9 Å². The van der Waals surface area contributed by atoms with Crippen LogP contribution in [0.3, 0.4) is 0 Å². The molecule has 0 bridgehead atoms. The first-order chi connectivity index (χ1) is 10.2. The maximum atomic E-state index is 11.5. The van der Waals surface area contributed by atoms with E-state index in [1.54, 1.807) is 13.4 Å². The molecule has 0 heterocycles.